The third-order valence-electron chi connectivity index (χ3n) is 3.17. The fourth-order valence-electron chi connectivity index (χ4n) is 2.22. The molecule has 0 aliphatic rings. The summed E-state index contributed by atoms with van der Waals surface area (Å²) in [6.45, 7) is 0. The minimum Gasteiger partial charge on any atom is -0.271 e. The monoisotopic (exact) mass is 314 g/mol. The average molecular weight is 315 g/mol. The number of nitrogens with two attached hydrogens (primary N) is 1. The molecule has 6 heteroatoms. The molecule has 0 amide bonds. The van der Waals surface area contributed by atoms with Gasteiger partial charge in [0.1, 0.15) is 0 Å². The first-order valence-electron chi connectivity index (χ1n) is 6.28. The molecule has 0 saturated heterocycles. The third-order valence-corrected chi connectivity index (χ3v) is 3.41. The van der Waals surface area contributed by atoms with Crippen LogP contribution in [-0.2, 0) is 12.6 Å². The van der Waals surface area contributed by atoms with Gasteiger partial charge in [-0.05, 0) is 35.7 Å². The Bertz CT molecular complexity index is 614. The number of halogens is 4. The van der Waals surface area contributed by atoms with Crippen LogP contribution in [0.2, 0.25) is 5.02 Å². The molecule has 0 fully saturated rings. The van der Waals surface area contributed by atoms with Crippen LogP contribution >= 0.6 is 11.6 Å². The Hall–Kier alpha value is -1.56. The Morgan fingerprint density at radius 3 is 2.43 bits per heavy atom. The zero-order chi connectivity index (χ0) is 15.5. The van der Waals surface area contributed by atoms with Crippen molar-refractivity contribution in [2.75, 3.05) is 0 Å². The molecule has 0 aromatic heterocycles. The topological polar surface area (TPSA) is 38.0 Å². The maximum atomic E-state index is 13.1. The summed E-state index contributed by atoms with van der Waals surface area (Å²) in [6, 6.07) is 11.7. The highest BCUT2D eigenvalue weighted by Gasteiger charge is 2.34. The Kier molecular flexibility index (Phi) is 4.88. The zero-order valence-corrected chi connectivity index (χ0v) is 11.7. The minimum absolute atomic E-state index is 0.118. The zero-order valence-electron chi connectivity index (χ0n) is 11.0. The van der Waals surface area contributed by atoms with Crippen molar-refractivity contribution < 1.29 is 13.2 Å². The number of nitrogens with one attached hydrogen (secondary N) is 1. The maximum Gasteiger partial charge on any atom is 0.416 e. The molecule has 1 unspecified atom stereocenters. The molecule has 0 aliphatic heterocycles. The van der Waals surface area contributed by atoms with Gasteiger partial charge in [0.05, 0.1) is 11.6 Å². The molecule has 2 nitrogen and oxygen atoms in total. The van der Waals surface area contributed by atoms with Gasteiger partial charge in [-0.15, -0.1) is 0 Å². The smallest absolute Gasteiger partial charge is 0.271 e. The van der Waals surface area contributed by atoms with Gasteiger partial charge < -0.3 is 0 Å². The van der Waals surface area contributed by atoms with Crippen LogP contribution in [0, 0.1) is 0 Å². The lowest BCUT2D eigenvalue weighted by Crippen LogP contribution is -2.31. The molecule has 2 rings (SSSR count). The largest absolute Gasteiger partial charge is 0.416 e. The third kappa shape index (κ3) is 3.97. The maximum absolute atomic E-state index is 13.1. The fraction of sp³-hybridized carbons (Fsp3) is 0.200. The molecular formula is C15H14ClF3N2. The summed E-state index contributed by atoms with van der Waals surface area (Å²) in [5, 5.41) is 0.535. The Labute approximate surface area is 125 Å². The second kappa shape index (κ2) is 6.47. The van der Waals surface area contributed by atoms with Crippen molar-refractivity contribution in [2.45, 2.75) is 18.6 Å². The number of hydrogen-bond donors (Lipinski definition) is 2. The van der Waals surface area contributed by atoms with E-state index >= 15 is 0 Å². The molecule has 3 N–H and O–H groups in total. The number of hydrazine groups is 1. The van der Waals surface area contributed by atoms with Gasteiger partial charge >= 0.3 is 6.18 Å². The Morgan fingerprint density at radius 1 is 1.10 bits per heavy atom. The van der Waals surface area contributed by atoms with Crippen molar-refractivity contribution in [3.05, 3.63) is 70.2 Å². The van der Waals surface area contributed by atoms with E-state index in [1.807, 2.05) is 0 Å². The van der Waals surface area contributed by atoms with Crippen LogP contribution in [0.5, 0.6) is 0 Å². The van der Waals surface area contributed by atoms with Crippen LogP contribution in [-0.4, -0.2) is 0 Å². The Morgan fingerprint density at radius 2 is 1.81 bits per heavy atom. The van der Waals surface area contributed by atoms with Crippen molar-refractivity contribution in [1.82, 2.24) is 5.43 Å². The highest BCUT2D eigenvalue weighted by Crippen LogP contribution is 2.35. The number of alkyl halides is 3. The molecule has 0 heterocycles. The van der Waals surface area contributed by atoms with Gasteiger partial charge in [0.2, 0.25) is 0 Å². The highest BCUT2D eigenvalue weighted by atomic mass is 35.5. The van der Waals surface area contributed by atoms with Crippen LogP contribution in [0.25, 0.3) is 0 Å². The molecule has 2 aromatic carbocycles. The minimum atomic E-state index is -4.42. The van der Waals surface area contributed by atoms with Gasteiger partial charge in [0.15, 0.2) is 0 Å². The summed E-state index contributed by atoms with van der Waals surface area (Å²) >= 11 is 5.89. The van der Waals surface area contributed by atoms with Crippen LogP contribution in [0.4, 0.5) is 13.2 Å². The van der Waals surface area contributed by atoms with E-state index in [-0.39, 0.29) is 5.56 Å². The molecule has 0 spiro atoms. The van der Waals surface area contributed by atoms with Crippen molar-refractivity contribution in [3.8, 4) is 0 Å². The SMILES string of the molecule is NNC(Cc1cccc(Cl)c1)c1ccccc1C(F)(F)F. The van der Waals surface area contributed by atoms with Crippen LogP contribution in [0.3, 0.4) is 0 Å². The summed E-state index contributed by atoms with van der Waals surface area (Å²) in [5.41, 5.74) is 2.70. The lowest BCUT2D eigenvalue weighted by Gasteiger charge is -2.21. The standard InChI is InChI=1S/C15H14ClF3N2/c16-11-5-3-4-10(8-11)9-14(21-20)12-6-1-2-7-13(12)15(17,18)19/h1-8,14,21H,9,20H2. The molecule has 21 heavy (non-hydrogen) atoms. The highest BCUT2D eigenvalue weighted by molar-refractivity contribution is 6.30. The normalized spacial score (nSPS) is 13.2. The first-order chi connectivity index (χ1) is 9.91. The van der Waals surface area contributed by atoms with Gasteiger partial charge in [0, 0.05) is 5.02 Å². The predicted molar refractivity (Wildman–Crippen MR) is 76.7 cm³/mol. The lowest BCUT2D eigenvalue weighted by molar-refractivity contribution is -0.138. The molecule has 0 saturated carbocycles. The van der Waals surface area contributed by atoms with E-state index in [0.717, 1.165) is 11.6 Å². The van der Waals surface area contributed by atoms with Crippen LogP contribution in [0.15, 0.2) is 48.5 Å². The summed E-state index contributed by atoms with van der Waals surface area (Å²) in [4.78, 5) is 0. The van der Waals surface area contributed by atoms with Gasteiger partial charge in [-0.2, -0.15) is 13.2 Å². The van der Waals surface area contributed by atoms with E-state index in [4.69, 9.17) is 17.4 Å². The molecule has 0 aliphatic carbocycles. The van der Waals surface area contributed by atoms with Crippen LogP contribution < -0.4 is 11.3 Å². The molecule has 0 bridgehead atoms. The average Bonchev–Trinajstić information content (AvgIpc) is 2.44. The van der Waals surface area contributed by atoms with Gasteiger partial charge in [-0.3, -0.25) is 11.3 Å². The Balaban J connectivity index is 2.34. The second-order valence-electron chi connectivity index (χ2n) is 4.64. The fourth-order valence-corrected chi connectivity index (χ4v) is 2.43. The molecule has 112 valence electrons. The predicted octanol–water partition coefficient (Wildman–Crippen LogP) is 4.11. The molecule has 0 radical (unpaired) electrons. The quantitative estimate of drug-likeness (QED) is 0.658. The van der Waals surface area contributed by atoms with Gasteiger partial charge in [0.25, 0.3) is 0 Å². The van der Waals surface area contributed by atoms with E-state index in [9.17, 15) is 13.2 Å². The number of benzene rings is 2. The van der Waals surface area contributed by atoms with Crippen molar-refractivity contribution in [3.63, 3.8) is 0 Å². The van der Waals surface area contributed by atoms with E-state index in [2.05, 4.69) is 5.43 Å². The van der Waals surface area contributed by atoms with Gasteiger partial charge in [-0.1, -0.05) is 41.9 Å². The van der Waals surface area contributed by atoms with Crippen LogP contribution in [0.1, 0.15) is 22.7 Å². The van der Waals surface area contributed by atoms with Gasteiger partial charge in [-0.25, -0.2) is 0 Å². The first kappa shape index (κ1) is 15.8. The summed E-state index contributed by atoms with van der Waals surface area (Å²) in [6.07, 6.45) is -4.11. The van der Waals surface area contributed by atoms with Crippen molar-refractivity contribution in [1.29, 1.82) is 0 Å². The van der Waals surface area contributed by atoms with E-state index in [0.29, 0.717) is 11.4 Å². The molecule has 2 aromatic rings. The molecule has 1 atom stereocenters. The molecular weight excluding hydrogens is 301 g/mol. The van der Waals surface area contributed by atoms with Crippen molar-refractivity contribution in [2.24, 2.45) is 5.84 Å². The summed E-state index contributed by atoms with van der Waals surface area (Å²) < 4.78 is 39.2. The number of hydrogen-bond acceptors (Lipinski definition) is 2. The second-order valence-corrected chi connectivity index (χ2v) is 5.07. The summed E-state index contributed by atoms with van der Waals surface area (Å²) in [7, 11) is 0. The van der Waals surface area contributed by atoms with E-state index in [1.54, 1.807) is 30.3 Å². The number of rotatable bonds is 4. The van der Waals surface area contributed by atoms with E-state index in [1.165, 1.54) is 12.1 Å². The van der Waals surface area contributed by atoms with Crippen molar-refractivity contribution >= 4 is 11.6 Å². The summed E-state index contributed by atoms with van der Waals surface area (Å²) in [5.74, 6) is 5.45. The lowest BCUT2D eigenvalue weighted by atomic mass is 9.95. The van der Waals surface area contributed by atoms with E-state index < -0.39 is 17.8 Å². The first-order valence-corrected chi connectivity index (χ1v) is 6.66.